The summed E-state index contributed by atoms with van der Waals surface area (Å²) >= 11 is 0. The number of rotatable bonds is 5. The molecule has 1 unspecified atom stereocenters. The summed E-state index contributed by atoms with van der Waals surface area (Å²) in [4.78, 5) is 41.3. The van der Waals surface area contributed by atoms with Gasteiger partial charge in [-0.05, 0) is 37.5 Å². The summed E-state index contributed by atoms with van der Waals surface area (Å²) in [6.07, 6.45) is 2.22. The van der Waals surface area contributed by atoms with Crippen LogP contribution in [0, 0.1) is 12.8 Å². The Kier molecular flexibility index (Phi) is 6.21. The molecule has 2 aromatic rings. The molecule has 2 aromatic carbocycles. The second-order valence-corrected chi connectivity index (χ2v) is 8.32. The van der Waals surface area contributed by atoms with Gasteiger partial charge >= 0.3 is 6.03 Å². The minimum atomic E-state index is -0.416. The molecule has 162 valence electrons. The van der Waals surface area contributed by atoms with E-state index in [4.69, 9.17) is 0 Å². The first-order valence-electron chi connectivity index (χ1n) is 10.8. The maximum atomic E-state index is 12.9. The number of amides is 4. The van der Waals surface area contributed by atoms with E-state index in [0.29, 0.717) is 24.5 Å². The number of anilines is 2. The number of nitrogens with one attached hydrogen (secondary N) is 2. The van der Waals surface area contributed by atoms with Crippen LogP contribution in [0.4, 0.5) is 16.2 Å². The Morgan fingerprint density at radius 2 is 1.61 bits per heavy atom. The minimum absolute atomic E-state index is 0.0173. The van der Waals surface area contributed by atoms with Crippen LogP contribution in [-0.2, 0) is 16.1 Å². The van der Waals surface area contributed by atoms with Crippen molar-refractivity contribution in [3.05, 3.63) is 59.7 Å². The topological polar surface area (TPSA) is 81.8 Å². The number of hydrogen-bond donors (Lipinski definition) is 2. The third kappa shape index (κ3) is 5.05. The van der Waals surface area contributed by atoms with Gasteiger partial charge in [-0.1, -0.05) is 42.0 Å². The fourth-order valence-corrected chi connectivity index (χ4v) is 4.06. The van der Waals surface area contributed by atoms with E-state index >= 15 is 0 Å². The summed E-state index contributed by atoms with van der Waals surface area (Å²) in [6, 6.07) is 15.1. The highest BCUT2D eigenvalue weighted by Crippen LogP contribution is 2.26. The highest BCUT2D eigenvalue weighted by atomic mass is 16.2. The molecular weight excluding hydrogens is 392 g/mol. The van der Waals surface area contributed by atoms with Gasteiger partial charge in [0.25, 0.3) is 0 Å². The van der Waals surface area contributed by atoms with Gasteiger partial charge in [0.05, 0.1) is 17.3 Å². The Balaban J connectivity index is 1.37. The molecule has 0 spiro atoms. The van der Waals surface area contributed by atoms with E-state index in [0.717, 1.165) is 31.5 Å². The normalized spacial score (nSPS) is 18.4. The van der Waals surface area contributed by atoms with Crippen molar-refractivity contribution in [1.29, 1.82) is 0 Å². The molecule has 4 amide bonds. The van der Waals surface area contributed by atoms with Gasteiger partial charge in [0.15, 0.2) is 0 Å². The van der Waals surface area contributed by atoms with E-state index < -0.39 is 5.92 Å². The van der Waals surface area contributed by atoms with Crippen LogP contribution in [0.15, 0.2) is 48.5 Å². The van der Waals surface area contributed by atoms with Crippen molar-refractivity contribution >= 4 is 29.2 Å². The summed E-state index contributed by atoms with van der Waals surface area (Å²) in [5, 5.41) is 5.81. The Bertz CT molecular complexity index is 967. The van der Waals surface area contributed by atoms with Crippen molar-refractivity contribution < 1.29 is 14.4 Å². The van der Waals surface area contributed by atoms with E-state index in [1.54, 1.807) is 21.9 Å². The molecule has 2 aliphatic rings. The first-order valence-corrected chi connectivity index (χ1v) is 10.8. The van der Waals surface area contributed by atoms with Crippen molar-refractivity contribution in [2.45, 2.75) is 32.7 Å². The van der Waals surface area contributed by atoms with Crippen LogP contribution in [-0.4, -0.2) is 47.3 Å². The van der Waals surface area contributed by atoms with Gasteiger partial charge < -0.3 is 20.4 Å². The Morgan fingerprint density at radius 1 is 0.968 bits per heavy atom. The van der Waals surface area contributed by atoms with Crippen LogP contribution >= 0.6 is 0 Å². The van der Waals surface area contributed by atoms with Gasteiger partial charge in [0.1, 0.15) is 0 Å². The predicted molar refractivity (Wildman–Crippen MR) is 120 cm³/mol. The molecule has 0 saturated carbocycles. The lowest BCUT2D eigenvalue weighted by atomic mass is 10.1. The van der Waals surface area contributed by atoms with Crippen LogP contribution in [0.3, 0.4) is 0 Å². The Labute approximate surface area is 182 Å². The zero-order chi connectivity index (χ0) is 21.8. The van der Waals surface area contributed by atoms with Crippen molar-refractivity contribution in [3.63, 3.8) is 0 Å². The van der Waals surface area contributed by atoms with Gasteiger partial charge in [-0.2, -0.15) is 0 Å². The quantitative estimate of drug-likeness (QED) is 0.775. The third-order valence-corrected chi connectivity index (χ3v) is 5.90. The molecule has 2 heterocycles. The summed E-state index contributed by atoms with van der Waals surface area (Å²) in [7, 11) is 0. The summed E-state index contributed by atoms with van der Waals surface area (Å²) in [5.74, 6) is -0.640. The lowest BCUT2D eigenvalue weighted by Crippen LogP contribution is -2.32. The summed E-state index contributed by atoms with van der Waals surface area (Å²) in [6.45, 7) is 4.42. The number of aryl methyl sites for hydroxylation is 1. The maximum Gasteiger partial charge on any atom is 0.321 e. The first-order chi connectivity index (χ1) is 15.0. The van der Waals surface area contributed by atoms with Crippen LogP contribution in [0.1, 0.15) is 30.4 Å². The van der Waals surface area contributed by atoms with Gasteiger partial charge in [-0.3, -0.25) is 9.59 Å². The molecule has 2 saturated heterocycles. The van der Waals surface area contributed by atoms with Crippen molar-refractivity contribution in [3.8, 4) is 0 Å². The SMILES string of the molecule is Cc1ccc(CN2CC(C(=O)Nc3ccccc3NC(=O)N3CCCC3)CC2=O)cc1. The zero-order valence-corrected chi connectivity index (χ0v) is 17.8. The fraction of sp³-hybridized carbons (Fsp3) is 0.375. The number of urea groups is 1. The molecule has 2 fully saturated rings. The lowest BCUT2D eigenvalue weighted by Gasteiger charge is -2.19. The highest BCUT2D eigenvalue weighted by molar-refractivity contribution is 6.01. The maximum absolute atomic E-state index is 12.9. The van der Waals surface area contributed by atoms with Gasteiger partial charge in [0.2, 0.25) is 11.8 Å². The second kappa shape index (κ2) is 9.20. The summed E-state index contributed by atoms with van der Waals surface area (Å²) in [5.41, 5.74) is 3.33. The number of likely N-dealkylation sites (tertiary alicyclic amines) is 2. The molecular formula is C24H28N4O3. The molecule has 31 heavy (non-hydrogen) atoms. The molecule has 1 atom stereocenters. The Hall–Kier alpha value is -3.35. The van der Waals surface area contributed by atoms with Gasteiger partial charge in [0, 0.05) is 32.6 Å². The van der Waals surface area contributed by atoms with E-state index in [-0.39, 0.29) is 24.3 Å². The molecule has 2 aliphatic heterocycles. The molecule has 0 aliphatic carbocycles. The van der Waals surface area contributed by atoms with E-state index in [1.807, 2.05) is 43.3 Å². The van der Waals surface area contributed by atoms with Crippen LogP contribution in [0.2, 0.25) is 0 Å². The molecule has 7 nitrogen and oxygen atoms in total. The van der Waals surface area contributed by atoms with Crippen LogP contribution in [0.25, 0.3) is 0 Å². The summed E-state index contributed by atoms with van der Waals surface area (Å²) < 4.78 is 0. The molecule has 4 rings (SSSR count). The second-order valence-electron chi connectivity index (χ2n) is 8.32. The average molecular weight is 421 g/mol. The number of carbonyl (C=O) groups is 3. The molecule has 0 aromatic heterocycles. The zero-order valence-electron chi connectivity index (χ0n) is 17.8. The Morgan fingerprint density at radius 3 is 2.29 bits per heavy atom. The monoisotopic (exact) mass is 420 g/mol. The number of para-hydroxylation sites is 2. The molecule has 7 heteroatoms. The molecule has 0 bridgehead atoms. The van der Waals surface area contributed by atoms with E-state index in [2.05, 4.69) is 10.6 Å². The van der Waals surface area contributed by atoms with Gasteiger partial charge in [-0.15, -0.1) is 0 Å². The predicted octanol–water partition coefficient (Wildman–Crippen LogP) is 3.61. The van der Waals surface area contributed by atoms with Crippen molar-refractivity contribution in [1.82, 2.24) is 9.80 Å². The standard InChI is InChI=1S/C24H28N4O3/c1-17-8-10-18(11-9-17)15-28-16-19(14-22(28)29)23(30)25-20-6-2-3-7-21(20)26-24(31)27-12-4-5-13-27/h2-3,6-11,19H,4-5,12-16H2,1H3,(H,25,30)(H,26,31). The number of hydrogen-bond acceptors (Lipinski definition) is 3. The highest BCUT2D eigenvalue weighted by Gasteiger charge is 2.34. The van der Waals surface area contributed by atoms with Crippen LogP contribution in [0.5, 0.6) is 0 Å². The average Bonchev–Trinajstić information content (AvgIpc) is 3.42. The molecule has 0 radical (unpaired) electrons. The van der Waals surface area contributed by atoms with Crippen LogP contribution < -0.4 is 10.6 Å². The smallest absolute Gasteiger partial charge is 0.321 e. The lowest BCUT2D eigenvalue weighted by molar-refractivity contribution is -0.128. The largest absolute Gasteiger partial charge is 0.338 e. The third-order valence-electron chi connectivity index (χ3n) is 5.90. The van der Waals surface area contributed by atoms with Gasteiger partial charge in [-0.25, -0.2) is 4.79 Å². The minimum Gasteiger partial charge on any atom is -0.338 e. The number of nitrogens with zero attached hydrogens (tertiary/aromatic N) is 2. The number of carbonyl (C=O) groups excluding carboxylic acids is 3. The van der Waals surface area contributed by atoms with E-state index in [9.17, 15) is 14.4 Å². The fourth-order valence-electron chi connectivity index (χ4n) is 4.06. The van der Waals surface area contributed by atoms with Crippen molar-refractivity contribution in [2.75, 3.05) is 30.3 Å². The molecule has 2 N–H and O–H groups in total. The number of benzene rings is 2. The first kappa shape index (κ1) is 20.9. The van der Waals surface area contributed by atoms with Crippen molar-refractivity contribution in [2.24, 2.45) is 5.92 Å². The van der Waals surface area contributed by atoms with E-state index in [1.165, 1.54) is 5.56 Å².